The first-order valence-electron chi connectivity index (χ1n) is 10.6. The number of aromatic nitrogens is 3. The van der Waals surface area contributed by atoms with Gasteiger partial charge in [-0.3, -0.25) is 0 Å². The molecule has 0 radical (unpaired) electrons. The molecule has 1 N–H and O–H groups in total. The van der Waals surface area contributed by atoms with Crippen LogP contribution in [-0.4, -0.2) is 65.5 Å². The van der Waals surface area contributed by atoms with Gasteiger partial charge >= 0.3 is 0 Å². The number of piperazine rings is 1. The summed E-state index contributed by atoms with van der Waals surface area (Å²) in [7, 11) is 1.72. The first-order chi connectivity index (χ1) is 15.3. The minimum Gasteiger partial charge on any atom is -0.495 e. The molecule has 3 heterocycles. The number of hydrogen-bond acceptors (Lipinski definition) is 5. The second-order valence-corrected chi connectivity index (χ2v) is 7.29. The van der Waals surface area contributed by atoms with Gasteiger partial charge in [0.1, 0.15) is 5.75 Å². The predicted molar refractivity (Wildman–Crippen MR) is 123 cm³/mol. The summed E-state index contributed by atoms with van der Waals surface area (Å²) in [6.07, 6.45) is 5.45. The number of ether oxygens (including phenoxy) is 1. The van der Waals surface area contributed by atoms with E-state index in [2.05, 4.69) is 44.3 Å². The van der Waals surface area contributed by atoms with E-state index in [4.69, 9.17) is 9.73 Å². The Balaban J connectivity index is 1.42. The minimum absolute atomic E-state index is 0.589. The van der Waals surface area contributed by atoms with Crippen LogP contribution in [0.5, 0.6) is 5.75 Å². The fourth-order valence-corrected chi connectivity index (χ4v) is 3.73. The van der Waals surface area contributed by atoms with Gasteiger partial charge in [0.2, 0.25) is 0 Å². The first kappa shape index (κ1) is 20.7. The van der Waals surface area contributed by atoms with Crippen molar-refractivity contribution in [3.8, 4) is 11.6 Å². The van der Waals surface area contributed by atoms with Gasteiger partial charge in [-0.05, 0) is 42.8 Å². The van der Waals surface area contributed by atoms with Gasteiger partial charge in [0, 0.05) is 51.3 Å². The van der Waals surface area contributed by atoms with Crippen molar-refractivity contribution in [2.45, 2.75) is 13.5 Å². The molecule has 8 nitrogen and oxygen atoms in total. The van der Waals surface area contributed by atoms with Crippen molar-refractivity contribution in [2.75, 3.05) is 44.7 Å². The molecular formula is C23H29N7O. The van der Waals surface area contributed by atoms with Crippen LogP contribution in [0.2, 0.25) is 0 Å². The second-order valence-electron chi connectivity index (χ2n) is 7.29. The van der Waals surface area contributed by atoms with Crippen LogP contribution in [-0.2, 0) is 6.54 Å². The summed E-state index contributed by atoms with van der Waals surface area (Å²) in [5.41, 5.74) is 2.25. The minimum atomic E-state index is 0.589. The van der Waals surface area contributed by atoms with E-state index in [0.717, 1.165) is 61.5 Å². The quantitative estimate of drug-likeness (QED) is 0.489. The summed E-state index contributed by atoms with van der Waals surface area (Å²) in [5, 5.41) is 7.70. The lowest BCUT2D eigenvalue weighted by molar-refractivity contribution is 0.367. The molecule has 1 aromatic carbocycles. The predicted octanol–water partition coefficient (Wildman–Crippen LogP) is 2.56. The molecule has 31 heavy (non-hydrogen) atoms. The summed E-state index contributed by atoms with van der Waals surface area (Å²) < 4.78 is 7.29. The molecule has 162 valence electrons. The van der Waals surface area contributed by atoms with Gasteiger partial charge in [-0.15, -0.1) is 0 Å². The maximum Gasteiger partial charge on any atom is 0.194 e. The van der Waals surface area contributed by atoms with E-state index < -0.39 is 0 Å². The molecule has 1 aliphatic heterocycles. The number of nitrogens with zero attached hydrogens (tertiary/aromatic N) is 6. The van der Waals surface area contributed by atoms with Crippen LogP contribution >= 0.6 is 0 Å². The Kier molecular flexibility index (Phi) is 6.66. The number of nitrogens with one attached hydrogen (secondary N) is 1. The first-order valence-corrected chi connectivity index (χ1v) is 10.6. The maximum atomic E-state index is 5.53. The number of pyridine rings is 1. The van der Waals surface area contributed by atoms with Crippen LogP contribution < -0.4 is 15.0 Å². The third-order valence-corrected chi connectivity index (χ3v) is 5.30. The van der Waals surface area contributed by atoms with Crippen LogP contribution in [0, 0.1) is 0 Å². The number of benzene rings is 1. The van der Waals surface area contributed by atoms with Crippen molar-refractivity contribution in [1.82, 2.24) is 25.0 Å². The van der Waals surface area contributed by atoms with Crippen molar-refractivity contribution in [3.63, 3.8) is 0 Å². The van der Waals surface area contributed by atoms with Gasteiger partial charge in [-0.2, -0.15) is 5.10 Å². The molecule has 0 aliphatic carbocycles. The number of aliphatic imine (C=N–C) groups is 1. The molecule has 0 bridgehead atoms. The molecule has 0 unspecified atom stereocenters. The highest BCUT2D eigenvalue weighted by atomic mass is 16.5. The van der Waals surface area contributed by atoms with Gasteiger partial charge in [-0.1, -0.05) is 12.1 Å². The Hall–Kier alpha value is -3.55. The van der Waals surface area contributed by atoms with Crippen molar-refractivity contribution >= 4 is 11.6 Å². The summed E-state index contributed by atoms with van der Waals surface area (Å²) >= 11 is 0. The molecule has 1 aliphatic rings. The summed E-state index contributed by atoms with van der Waals surface area (Å²) in [6.45, 7) is 7.17. The lowest BCUT2D eigenvalue weighted by Crippen LogP contribution is -2.52. The second kappa shape index (κ2) is 9.97. The molecular weight excluding hydrogens is 390 g/mol. The van der Waals surface area contributed by atoms with Gasteiger partial charge in [-0.25, -0.2) is 14.7 Å². The van der Waals surface area contributed by atoms with E-state index >= 15 is 0 Å². The summed E-state index contributed by atoms with van der Waals surface area (Å²) in [5.74, 6) is 2.66. The van der Waals surface area contributed by atoms with Gasteiger partial charge in [0.25, 0.3) is 0 Å². The fourth-order valence-electron chi connectivity index (χ4n) is 3.73. The number of para-hydroxylation sites is 2. The van der Waals surface area contributed by atoms with Crippen LogP contribution in [0.4, 0.5) is 5.69 Å². The van der Waals surface area contributed by atoms with E-state index in [9.17, 15) is 0 Å². The van der Waals surface area contributed by atoms with Crippen LogP contribution in [0.15, 0.2) is 66.0 Å². The molecule has 3 aromatic rings. The Morgan fingerprint density at radius 2 is 1.94 bits per heavy atom. The SMILES string of the molecule is CCNC(=NCc1ccnc(-n2cccn2)c1)N1CCN(c2ccccc2OC)CC1. The topological polar surface area (TPSA) is 70.8 Å². The highest BCUT2D eigenvalue weighted by Crippen LogP contribution is 2.28. The Morgan fingerprint density at radius 1 is 1.10 bits per heavy atom. The molecule has 0 spiro atoms. The number of rotatable bonds is 6. The number of hydrogen-bond donors (Lipinski definition) is 1. The third-order valence-electron chi connectivity index (χ3n) is 5.30. The van der Waals surface area contributed by atoms with Crippen molar-refractivity contribution < 1.29 is 4.74 Å². The van der Waals surface area contributed by atoms with Gasteiger partial charge in [0.05, 0.1) is 19.3 Å². The molecule has 8 heteroatoms. The van der Waals surface area contributed by atoms with Crippen LogP contribution in [0.1, 0.15) is 12.5 Å². The Bertz CT molecular complexity index is 995. The lowest BCUT2D eigenvalue weighted by Gasteiger charge is -2.38. The molecule has 0 atom stereocenters. The number of guanidine groups is 1. The van der Waals surface area contributed by atoms with Crippen molar-refractivity contribution in [1.29, 1.82) is 0 Å². The van der Waals surface area contributed by atoms with Crippen molar-refractivity contribution in [3.05, 3.63) is 66.6 Å². The Morgan fingerprint density at radius 3 is 2.68 bits per heavy atom. The average Bonchev–Trinajstić information content (AvgIpc) is 3.37. The fraction of sp³-hybridized carbons (Fsp3) is 0.348. The molecule has 0 saturated carbocycles. The molecule has 0 amide bonds. The van der Waals surface area contributed by atoms with Gasteiger partial charge < -0.3 is 19.9 Å². The largest absolute Gasteiger partial charge is 0.495 e. The zero-order chi connectivity index (χ0) is 21.5. The van der Waals surface area contributed by atoms with Crippen LogP contribution in [0.3, 0.4) is 0 Å². The summed E-state index contributed by atoms with van der Waals surface area (Å²) in [6, 6.07) is 14.1. The smallest absolute Gasteiger partial charge is 0.194 e. The van der Waals surface area contributed by atoms with Crippen molar-refractivity contribution in [2.24, 2.45) is 4.99 Å². The normalized spacial score (nSPS) is 14.6. The highest BCUT2D eigenvalue weighted by Gasteiger charge is 2.21. The monoisotopic (exact) mass is 419 g/mol. The zero-order valence-corrected chi connectivity index (χ0v) is 18.1. The third kappa shape index (κ3) is 4.96. The van der Waals surface area contributed by atoms with Gasteiger partial charge in [0.15, 0.2) is 11.8 Å². The Labute approximate surface area is 183 Å². The molecule has 4 rings (SSSR count). The number of methoxy groups -OCH3 is 1. The van der Waals surface area contributed by atoms with E-state index in [-0.39, 0.29) is 0 Å². The number of anilines is 1. The van der Waals surface area contributed by atoms with Crippen LogP contribution in [0.25, 0.3) is 5.82 Å². The maximum absolute atomic E-state index is 5.53. The molecule has 1 fully saturated rings. The van der Waals surface area contributed by atoms with E-state index in [1.165, 1.54) is 0 Å². The lowest BCUT2D eigenvalue weighted by atomic mass is 10.2. The standard InChI is InChI=1S/C23H29N7O/c1-3-24-23(26-18-19-9-11-25-22(17-19)30-12-6-10-27-30)29-15-13-28(14-16-29)20-7-4-5-8-21(20)31-2/h4-12,17H,3,13-16,18H2,1-2H3,(H,24,26). The zero-order valence-electron chi connectivity index (χ0n) is 18.1. The average molecular weight is 420 g/mol. The van der Waals surface area contributed by atoms with E-state index in [1.807, 2.05) is 36.5 Å². The van der Waals surface area contributed by atoms with E-state index in [1.54, 1.807) is 24.2 Å². The molecule has 2 aromatic heterocycles. The summed E-state index contributed by atoms with van der Waals surface area (Å²) in [4.78, 5) is 14.0. The van der Waals surface area contributed by atoms with E-state index in [0.29, 0.717) is 6.54 Å². The highest BCUT2D eigenvalue weighted by molar-refractivity contribution is 5.80. The molecule has 1 saturated heterocycles.